The monoisotopic (exact) mass is 356 g/mol. The first-order chi connectivity index (χ1) is 13.3. The van der Waals surface area contributed by atoms with Gasteiger partial charge in [0.2, 0.25) is 0 Å². The Balaban J connectivity index is 1.79. The van der Waals surface area contributed by atoms with Crippen LogP contribution in [0.4, 0.5) is 0 Å². The average Bonchev–Trinajstić information content (AvgIpc) is 2.70. The largest absolute Gasteiger partial charge is 0.0979 e. The van der Waals surface area contributed by atoms with Crippen molar-refractivity contribution in [3.05, 3.63) is 70.8 Å². The number of hydrogen-bond donors (Lipinski definition) is 0. The van der Waals surface area contributed by atoms with Crippen molar-refractivity contribution in [3.63, 3.8) is 0 Å². The molecule has 140 valence electrons. The smallest absolute Gasteiger partial charge is 0.0249 e. The summed E-state index contributed by atoms with van der Waals surface area (Å²) in [5.41, 5.74) is 4.56. The molecule has 0 aromatic heterocycles. The van der Waals surface area contributed by atoms with Crippen LogP contribution in [0.15, 0.2) is 48.5 Å². The van der Waals surface area contributed by atoms with Gasteiger partial charge >= 0.3 is 0 Å². The van der Waals surface area contributed by atoms with Gasteiger partial charge in [0.25, 0.3) is 0 Å². The summed E-state index contributed by atoms with van der Waals surface area (Å²) in [5, 5.41) is 0. The summed E-state index contributed by atoms with van der Waals surface area (Å²) in [6.07, 6.45) is 11.2. The molecule has 0 nitrogen and oxygen atoms in total. The normalized spacial score (nSPS) is 9.85. The fourth-order valence-electron chi connectivity index (χ4n) is 2.98. The molecule has 0 heterocycles. The number of aryl methyl sites for hydroxylation is 1. The minimum atomic E-state index is 1.00. The Hall–Kier alpha value is -2.44. The second-order valence-corrected chi connectivity index (χ2v) is 7.09. The topological polar surface area (TPSA) is 0 Å². The molecule has 0 aliphatic heterocycles. The Labute approximate surface area is 166 Å². The zero-order chi connectivity index (χ0) is 19.2. The molecule has 0 aliphatic carbocycles. The third-order valence-corrected chi connectivity index (χ3v) is 4.62. The molecule has 27 heavy (non-hydrogen) atoms. The summed E-state index contributed by atoms with van der Waals surface area (Å²) in [7, 11) is 0. The van der Waals surface area contributed by atoms with E-state index < -0.39 is 0 Å². The van der Waals surface area contributed by atoms with Crippen LogP contribution >= 0.6 is 0 Å². The van der Waals surface area contributed by atoms with Crippen molar-refractivity contribution in [3.8, 4) is 23.7 Å². The zero-order valence-electron chi connectivity index (χ0n) is 17.0. The molecule has 0 aliphatic rings. The van der Waals surface area contributed by atoms with E-state index in [1.54, 1.807) is 0 Å². The van der Waals surface area contributed by atoms with E-state index in [0.29, 0.717) is 0 Å². The molecule has 0 heteroatoms. The van der Waals surface area contributed by atoms with E-state index in [4.69, 9.17) is 0 Å². The number of hydrogen-bond acceptors (Lipinski definition) is 0. The summed E-state index contributed by atoms with van der Waals surface area (Å²) in [6, 6.07) is 16.8. The second kappa shape index (κ2) is 12.8. The Morgan fingerprint density at radius 1 is 0.556 bits per heavy atom. The molecule has 0 bridgehead atoms. The van der Waals surface area contributed by atoms with Gasteiger partial charge in [0.15, 0.2) is 0 Å². The van der Waals surface area contributed by atoms with Crippen molar-refractivity contribution in [2.45, 2.75) is 71.6 Å². The van der Waals surface area contributed by atoms with Gasteiger partial charge in [0.1, 0.15) is 0 Å². The molecular weight excluding hydrogens is 324 g/mol. The molecule has 0 unspecified atom stereocenters. The highest BCUT2D eigenvalue weighted by atomic mass is 14.0. The van der Waals surface area contributed by atoms with Gasteiger partial charge in [-0.1, -0.05) is 88.2 Å². The third-order valence-electron chi connectivity index (χ3n) is 4.62. The van der Waals surface area contributed by atoms with Gasteiger partial charge in [0, 0.05) is 23.1 Å². The van der Waals surface area contributed by atoms with Gasteiger partial charge in [-0.05, 0) is 54.8 Å². The number of benzene rings is 2. The fraction of sp³-hybridized carbons (Fsp3) is 0.407. The van der Waals surface area contributed by atoms with Crippen LogP contribution in [-0.2, 0) is 6.42 Å². The Morgan fingerprint density at radius 3 is 1.67 bits per heavy atom. The van der Waals surface area contributed by atoms with Gasteiger partial charge in [-0.2, -0.15) is 0 Å². The molecule has 0 saturated heterocycles. The molecule has 2 aromatic carbocycles. The van der Waals surface area contributed by atoms with Crippen LogP contribution in [0.25, 0.3) is 0 Å². The van der Waals surface area contributed by atoms with E-state index in [-0.39, 0.29) is 0 Å². The van der Waals surface area contributed by atoms with Crippen molar-refractivity contribution in [2.24, 2.45) is 0 Å². The Kier molecular flexibility index (Phi) is 9.92. The molecular formula is C27H32. The summed E-state index contributed by atoms with van der Waals surface area (Å²) >= 11 is 0. The average molecular weight is 357 g/mol. The van der Waals surface area contributed by atoms with Crippen LogP contribution in [0.5, 0.6) is 0 Å². The van der Waals surface area contributed by atoms with Crippen LogP contribution in [0, 0.1) is 23.7 Å². The molecule has 0 N–H and O–H groups in total. The molecule has 0 spiro atoms. The van der Waals surface area contributed by atoms with Crippen molar-refractivity contribution >= 4 is 0 Å². The molecule has 0 saturated carbocycles. The summed E-state index contributed by atoms with van der Waals surface area (Å²) in [4.78, 5) is 0. The van der Waals surface area contributed by atoms with E-state index in [2.05, 4.69) is 86.1 Å². The van der Waals surface area contributed by atoms with Gasteiger partial charge in [-0.3, -0.25) is 0 Å². The maximum atomic E-state index is 3.30. The van der Waals surface area contributed by atoms with Gasteiger partial charge in [0.05, 0.1) is 0 Å². The van der Waals surface area contributed by atoms with Crippen LogP contribution in [0.2, 0.25) is 0 Å². The van der Waals surface area contributed by atoms with Crippen molar-refractivity contribution < 1.29 is 0 Å². The standard InChI is InChI=1S/C27H32/c1-3-5-6-7-8-9-10-11-13-25-16-20-27(21-17-25)23-22-26-18-14-24(12-4-2)15-19-26/h14-21H,3-10,12H2,1-2H3. The maximum Gasteiger partial charge on any atom is 0.0249 e. The lowest BCUT2D eigenvalue weighted by Gasteiger charge is -1.97. The highest BCUT2D eigenvalue weighted by Gasteiger charge is 1.92. The third kappa shape index (κ3) is 8.66. The fourth-order valence-corrected chi connectivity index (χ4v) is 2.98. The highest BCUT2D eigenvalue weighted by molar-refractivity contribution is 5.46. The summed E-state index contributed by atoms with van der Waals surface area (Å²) < 4.78 is 0. The Morgan fingerprint density at radius 2 is 1.07 bits per heavy atom. The van der Waals surface area contributed by atoms with E-state index in [9.17, 15) is 0 Å². The van der Waals surface area contributed by atoms with E-state index >= 15 is 0 Å². The van der Waals surface area contributed by atoms with Crippen LogP contribution in [-0.4, -0.2) is 0 Å². The first-order valence-corrected chi connectivity index (χ1v) is 10.5. The lowest BCUT2D eigenvalue weighted by atomic mass is 10.1. The predicted octanol–water partition coefficient (Wildman–Crippen LogP) is 7.14. The minimum absolute atomic E-state index is 1.00. The van der Waals surface area contributed by atoms with Crippen molar-refractivity contribution in [1.82, 2.24) is 0 Å². The minimum Gasteiger partial charge on any atom is -0.0979 e. The van der Waals surface area contributed by atoms with E-state index in [1.807, 2.05) is 0 Å². The lowest BCUT2D eigenvalue weighted by molar-refractivity contribution is 0.614. The quantitative estimate of drug-likeness (QED) is 0.348. The number of unbranched alkanes of at least 4 members (excludes halogenated alkanes) is 6. The maximum absolute atomic E-state index is 3.30. The first kappa shape index (κ1) is 20.9. The summed E-state index contributed by atoms with van der Waals surface area (Å²) in [6.45, 7) is 4.46. The molecule has 2 aromatic rings. The zero-order valence-corrected chi connectivity index (χ0v) is 17.0. The predicted molar refractivity (Wildman–Crippen MR) is 118 cm³/mol. The molecule has 0 radical (unpaired) electrons. The van der Waals surface area contributed by atoms with Crippen LogP contribution in [0.1, 0.15) is 87.5 Å². The molecule has 0 atom stereocenters. The van der Waals surface area contributed by atoms with E-state index in [0.717, 1.165) is 29.5 Å². The van der Waals surface area contributed by atoms with Crippen molar-refractivity contribution in [2.75, 3.05) is 0 Å². The molecule has 0 amide bonds. The summed E-state index contributed by atoms with van der Waals surface area (Å²) in [5.74, 6) is 13.1. The first-order valence-electron chi connectivity index (χ1n) is 10.5. The van der Waals surface area contributed by atoms with Crippen LogP contribution < -0.4 is 0 Å². The SMILES string of the molecule is CCCCCCCCC#Cc1ccc(C#Cc2ccc(CCC)cc2)cc1. The van der Waals surface area contributed by atoms with Gasteiger partial charge < -0.3 is 0 Å². The van der Waals surface area contributed by atoms with E-state index in [1.165, 1.54) is 50.5 Å². The van der Waals surface area contributed by atoms with Gasteiger partial charge in [-0.15, -0.1) is 0 Å². The lowest BCUT2D eigenvalue weighted by Crippen LogP contribution is -1.83. The Bertz CT molecular complexity index is 770. The van der Waals surface area contributed by atoms with Crippen molar-refractivity contribution in [1.29, 1.82) is 0 Å². The number of rotatable bonds is 8. The second-order valence-electron chi connectivity index (χ2n) is 7.09. The van der Waals surface area contributed by atoms with Gasteiger partial charge in [-0.25, -0.2) is 0 Å². The van der Waals surface area contributed by atoms with Crippen LogP contribution in [0.3, 0.4) is 0 Å². The molecule has 2 rings (SSSR count). The molecule has 0 fully saturated rings. The highest BCUT2D eigenvalue weighted by Crippen LogP contribution is 2.08.